The van der Waals surface area contributed by atoms with Crippen LogP contribution < -0.4 is 4.74 Å². The number of pyridine rings is 1. The van der Waals surface area contributed by atoms with Crippen LogP contribution in [-0.4, -0.2) is 17.3 Å². The van der Waals surface area contributed by atoms with Crippen LogP contribution in [0.3, 0.4) is 0 Å². The largest absolute Gasteiger partial charge is 0.475 e. The summed E-state index contributed by atoms with van der Waals surface area (Å²) >= 11 is 0. The second-order valence-electron chi connectivity index (χ2n) is 3.89. The molecule has 0 aliphatic heterocycles. The number of hydrogen-bond donors (Lipinski definition) is 0. The fourth-order valence-electron chi connectivity index (χ4n) is 1.14. The molecule has 0 spiro atoms. The Labute approximate surface area is 107 Å². The van der Waals surface area contributed by atoms with Crippen LogP contribution >= 0.6 is 0 Å². The quantitative estimate of drug-likeness (QED) is 0.588. The first-order chi connectivity index (χ1) is 8.52. The Morgan fingerprint density at radius 1 is 1.50 bits per heavy atom. The summed E-state index contributed by atoms with van der Waals surface area (Å²) < 4.78 is 5.43. The molecule has 0 fully saturated rings. The molecule has 0 unspecified atom stereocenters. The Hall–Kier alpha value is -2.41. The van der Waals surface area contributed by atoms with E-state index in [1.54, 1.807) is 12.3 Å². The van der Waals surface area contributed by atoms with Crippen molar-refractivity contribution in [1.82, 2.24) is 4.98 Å². The first-order valence-corrected chi connectivity index (χ1v) is 5.48. The highest BCUT2D eigenvalue weighted by Gasteiger charge is 2.01. The van der Waals surface area contributed by atoms with Gasteiger partial charge in [0.15, 0.2) is 0 Å². The van der Waals surface area contributed by atoms with Crippen molar-refractivity contribution in [1.29, 1.82) is 5.26 Å². The number of ether oxygens (including phenoxy) is 1. The third-order valence-electron chi connectivity index (χ3n) is 1.97. The highest BCUT2D eigenvalue weighted by atomic mass is 16.5. The number of nitrogens with zero attached hydrogens (tertiary/aromatic N) is 3. The third-order valence-corrected chi connectivity index (χ3v) is 1.97. The molecule has 1 rings (SSSR count). The van der Waals surface area contributed by atoms with Gasteiger partial charge < -0.3 is 4.74 Å². The maximum atomic E-state index is 8.52. The minimum Gasteiger partial charge on any atom is -0.475 e. The summed E-state index contributed by atoms with van der Waals surface area (Å²) in [6.45, 7) is 11.2. The highest BCUT2D eigenvalue weighted by Crippen LogP contribution is 2.14. The van der Waals surface area contributed by atoms with Crippen molar-refractivity contribution in [3.63, 3.8) is 0 Å². The fourth-order valence-corrected chi connectivity index (χ4v) is 1.14. The first-order valence-electron chi connectivity index (χ1n) is 5.48. The summed E-state index contributed by atoms with van der Waals surface area (Å²) in [6, 6.07) is 5.45. The van der Waals surface area contributed by atoms with Crippen LogP contribution in [0.25, 0.3) is 5.57 Å². The van der Waals surface area contributed by atoms with Gasteiger partial charge in [-0.05, 0) is 25.5 Å². The van der Waals surface area contributed by atoms with Gasteiger partial charge in [-0.1, -0.05) is 13.2 Å². The van der Waals surface area contributed by atoms with Crippen molar-refractivity contribution in [3.8, 4) is 11.9 Å². The Kier molecular flexibility index (Phi) is 4.82. The van der Waals surface area contributed by atoms with Crippen molar-refractivity contribution in [2.24, 2.45) is 4.99 Å². The molecule has 1 aromatic heterocycles. The lowest BCUT2D eigenvalue weighted by Gasteiger charge is -2.08. The maximum Gasteiger partial charge on any atom is 0.213 e. The van der Waals surface area contributed by atoms with Crippen molar-refractivity contribution < 1.29 is 4.74 Å². The molecular formula is C14H15N3O. The van der Waals surface area contributed by atoms with E-state index in [1.807, 2.05) is 26.0 Å². The molecule has 0 aliphatic carbocycles. The van der Waals surface area contributed by atoms with Crippen molar-refractivity contribution in [2.75, 3.05) is 0 Å². The Morgan fingerprint density at radius 2 is 2.22 bits per heavy atom. The summed E-state index contributed by atoms with van der Waals surface area (Å²) in [5.74, 6) is 0.569. The van der Waals surface area contributed by atoms with Gasteiger partial charge >= 0.3 is 0 Å². The number of nitriles is 1. The van der Waals surface area contributed by atoms with E-state index in [9.17, 15) is 0 Å². The smallest absolute Gasteiger partial charge is 0.213 e. The van der Waals surface area contributed by atoms with Crippen molar-refractivity contribution in [2.45, 2.75) is 20.0 Å². The topological polar surface area (TPSA) is 58.3 Å². The highest BCUT2D eigenvalue weighted by molar-refractivity contribution is 6.09. The van der Waals surface area contributed by atoms with Crippen LogP contribution in [0.5, 0.6) is 5.88 Å². The molecule has 0 radical (unpaired) electrons. The average molecular weight is 241 g/mol. The molecule has 0 N–H and O–H groups in total. The Morgan fingerprint density at radius 3 is 2.72 bits per heavy atom. The van der Waals surface area contributed by atoms with Gasteiger partial charge in [-0.3, -0.25) is 0 Å². The number of rotatable bonds is 5. The average Bonchev–Trinajstić information content (AvgIpc) is 2.35. The monoisotopic (exact) mass is 241 g/mol. The summed E-state index contributed by atoms with van der Waals surface area (Å²) in [4.78, 5) is 8.01. The van der Waals surface area contributed by atoms with Gasteiger partial charge in [0.25, 0.3) is 0 Å². The van der Waals surface area contributed by atoms with E-state index in [0.29, 0.717) is 11.5 Å². The molecule has 0 atom stereocenters. The molecule has 92 valence electrons. The Bertz CT molecular complexity index is 507. The molecule has 4 nitrogen and oxygen atoms in total. The van der Waals surface area contributed by atoms with E-state index in [1.165, 1.54) is 6.21 Å². The molecule has 0 aromatic carbocycles. The maximum absolute atomic E-state index is 8.52. The van der Waals surface area contributed by atoms with Crippen LogP contribution in [0.15, 0.2) is 42.2 Å². The first kappa shape index (κ1) is 13.7. The van der Waals surface area contributed by atoms with E-state index in [0.717, 1.165) is 5.56 Å². The molecule has 0 aliphatic rings. The second-order valence-corrected chi connectivity index (χ2v) is 3.89. The number of allylic oxidation sites excluding steroid dienone is 2. The zero-order valence-electron chi connectivity index (χ0n) is 10.6. The lowest BCUT2D eigenvalue weighted by molar-refractivity contribution is 0.232. The van der Waals surface area contributed by atoms with Gasteiger partial charge in [0.1, 0.15) is 11.8 Å². The van der Waals surface area contributed by atoms with Gasteiger partial charge in [-0.25, -0.2) is 9.98 Å². The zero-order chi connectivity index (χ0) is 13.5. The summed E-state index contributed by atoms with van der Waals surface area (Å²) in [5.41, 5.74) is 1.62. The minimum atomic E-state index is 0.0899. The SMILES string of the molecule is C=C(C#N)/N=C/C(=C)c1ccc(OC(C)C)nc1. The van der Waals surface area contributed by atoms with E-state index in [2.05, 4.69) is 23.1 Å². The summed E-state index contributed by atoms with van der Waals surface area (Å²) in [7, 11) is 0. The van der Waals surface area contributed by atoms with Gasteiger partial charge in [-0.15, -0.1) is 0 Å². The molecule has 1 heterocycles. The van der Waals surface area contributed by atoms with Crippen molar-refractivity contribution >= 4 is 11.8 Å². The molecule has 0 bridgehead atoms. The minimum absolute atomic E-state index is 0.0899. The van der Waals surface area contributed by atoms with Crippen LogP contribution in [0.2, 0.25) is 0 Å². The van der Waals surface area contributed by atoms with E-state index < -0.39 is 0 Å². The standard InChI is InChI=1S/C14H15N3O/c1-10(2)18-14-6-5-13(9-17-14)11(3)8-16-12(4)7-15/h5-6,8-10H,3-4H2,1-2H3/b16-8+. The van der Waals surface area contributed by atoms with Gasteiger partial charge in [-0.2, -0.15) is 5.26 Å². The lowest BCUT2D eigenvalue weighted by Crippen LogP contribution is -2.06. The van der Waals surface area contributed by atoms with Crippen LogP contribution in [0.4, 0.5) is 0 Å². The lowest BCUT2D eigenvalue weighted by atomic mass is 10.1. The van der Waals surface area contributed by atoms with Gasteiger partial charge in [0.05, 0.1) is 6.10 Å². The van der Waals surface area contributed by atoms with Crippen molar-refractivity contribution in [3.05, 3.63) is 42.7 Å². The molecule has 0 saturated heterocycles. The molecule has 18 heavy (non-hydrogen) atoms. The molecule has 4 heteroatoms. The molecule has 1 aromatic rings. The van der Waals surface area contributed by atoms with Crippen LogP contribution in [-0.2, 0) is 0 Å². The number of hydrogen-bond acceptors (Lipinski definition) is 4. The summed E-state index contributed by atoms with van der Waals surface area (Å²) in [6.07, 6.45) is 3.24. The Balaban J connectivity index is 2.74. The molecular weight excluding hydrogens is 226 g/mol. The van der Waals surface area contributed by atoms with Crippen LogP contribution in [0, 0.1) is 11.3 Å². The predicted octanol–water partition coefficient (Wildman–Crippen LogP) is 2.99. The third kappa shape index (κ3) is 4.22. The van der Waals surface area contributed by atoms with E-state index in [4.69, 9.17) is 10.00 Å². The fraction of sp³-hybridized carbons (Fsp3) is 0.214. The van der Waals surface area contributed by atoms with E-state index >= 15 is 0 Å². The number of aromatic nitrogens is 1. The number of aliphatic imine (C=N–C) groups is 1. The zero-order valence-corrected chi connectivity index (χ0v) is 10.6. The molecule has 0 saturated carbocycles. The molecule has 0 amide bonds. The predicted molar refractivity (Wildman–Crippen MR) is 72.3 cm³/mol. The van der Waals surface area contributed by atoms with Gasteiger partial charge in [0, 0.05) is 24.0 Å². The summed E-state index contributed by atoms with van der Waals surface area (Å²) in [5, 5.41) is 8.52. The van der Waals surface area contributed by atoms with Crippen LogP contribution in [0.1, 0.15) is 19.4 Å². The van der Waals surface area contributed by atoms with E-state index in [-0.39, 0.29) is 11.8 Å². The second kappa shape index (κ2) is 6.36. The van der Waals surface area contributed by atoms with Gasteiger partial charge in [0.2, 0.25) is 5.88 Å². The normalized spacial score (nSPS) is 10.3.